The molecule has 1 N–H and O–H groups in total. The van der Waals surface area contributed by atoms with Crippen LogP contribution in [0.25, 0.3) is 0 Å². The fourth-order valence-corrected chi connectivity index (χ4v) is 2.88. The van der Waals surface area contributed by atoms with Crippen LogP contribution in [0.15, 0.2) is 46.9 Å². The van der Waals surface area contributed by atoms with Gasteiger partial charge in [-0.1, -0.05) is 34.1 Å². The van der Waals surface area contributed by atoms with E-state index in [1.807, 2.05) is 49.4 Å². The maximum atomic E-state index is 12.4. The Morgan fingerprint density at radius 2 is 1.92 bits per heavy atom. The molecule has 0 aliphatic rings. The summed E-state index contributed by atoms with van der Waals surface area (Å²) in [5, 5.41) is 2.83. The van der Waals surface area contributed by atoms with Crippen molar-refractivity contribution in [3.05, 3.63) is 58.1 Å². The molecule has 6 heteroatoms. The van der Waals surface area contributed by atoms with E-state index in [9.17, 15) is 9.59 Å². The van der Waals surface area contributed by atoms with Crippen molar-refractivity contribution in [2.75, 3.05) is 26.0 Å². The number of methoxy groups -OCH3 is 1. The van der Waals surface area contributed by atoms with Gasteiger partial charge in [-0.15, -0.1) is 0 Å². The molecule has 2 aromatic rings. The number of rotatable bonds is 6. The zero-order valence-corrected chi connectivity index (χ0v) is 16.1. The number of nitrogens with one attached hydrogen (secondary N) is 1. The van der Waals surface area contributed by atoms with Crippen molar-refractivity contribution in [1.29, 1.82) is 0 Å². The summed E-state index contributed by atoms with van der Waals surface area (Å²) in [7, 11) is 3.19. The summed E-state index contributed by atoms with van der Waals surface area (Å²) in [6.45, 7) is 1.90. The lowest BCUT2D eigenvalue weighted by Crippen LogP contribution is -2.36. The third kappa shape index (κ3) is 5.32. The second-order valence-corrected chi connectivity index (χ2v) is 6.66. The molecule has 0 spiro atoms. The number of aryl methyl sites for hydroxylation is 1. The maximum absolute atomic E-state index is 12.4. The van der Waals surface area contributed by atoms with Gasteiger partial charge in [-0.3, -0.25) is 9.59 Å². The van der Waals surface area contributed by atoms with Crippen LogP contribution in [0, 0.1) is 6.92 Å². The van der Waals surface area contributed by atoms with Crippen LogP contribution in [0.4, 0.5) is 5.69 Å². The predicted molar refractivity (Wildman–Crippen MR) is 102 cm³/mol. The first-order valence-electron chi connectivity index (χ1n) is 7.82. The fourth-order valence-electron chi connectivity index (χ4n) is 2.41. The number of halogens is 1. The van der Waals surface area contributed by atoms with E-state index >= 15 is 0 Å². The average molecular weight is 405 g/mol. The standard InChI is InChI=1S/C19H21BrN2O3/c1-13-10-15(20)8-9-16(13)21-18(23)12-22(2)19(24)11-14-6-4-5-7-17(14)25-3/h4-10H,11-12H2,1-3H3,(H,21,23). The van der Waals surface area contributed by atoms with Gasteiger partial charge in [0.25, 0.3) is 0 Å². The van der Waals surface area contributed by atoms with Crippen molar-refractivity contribution in [3.63, 3.8) is 0 Å². The van der Waals surface area contributed by atoms with Crippen LogP contribution in [-0.4, -0.2) is 37.4 Å². The number of likely N-dealkylation sites (N-methyl/N-ethyl adjacent to an activating group) is 1. The Bertz CT molecular complexity index is 777. The van der Waals surface area contributed by atoms with Crippen molar-refractivity contribution >= 4 is 33.4 Å². The summed E-state index contributed by atoms with van der Waals surface area (Å²) in [5.74, 6) is 0.285. The summed E-state index contributed by atoms with van der Waals surface area (Å²) in [6.07, 6.45) is 0.186. The molecule has 2 amide bonds. The molecular weight excluding hydrogens is 384 g/mol. The molecule has 25 heavy (non-hydrogen) atoms. The van der Waals surface area contributed by atoms with E-state index in [0.717, 1.165) is 21.3 Å². The number of carbonyl (C=O) groups is 2. The van der Waals surface area contributed by atoms with Crippen molar-refractivity contribution in [2.45, 2.75) is 13.3 Å². The topological polar surface area (TPSA) is 58.6 Å². The molecule has 2 rings (SSSR count). The highest BCUT2D eigenvalue weighted by Gasteiger charge is 2.16. The van der Waals surface area contributed by atoms with E-state index in [-0.39, 0.29) is 24.8 Å². The van der Waals surface area contributed by atoms with Gasteiger partial charge in [0.2, 0.25) is 11.8 Å². The number of hydrogen-bond acceptors (Lipinski definition) is 3. The predicted octanol–water partition coefficient (Wildman–Crippen LogP) is 3.41. The van der Waals surface area contributed by atoms with Gasteiger partial charge in [-0.25, -0.2) is 0 Å². The Balaban J connectivity index is 1.95. The van der Waals surface area contributed by atoms with Gasteiger partial charge >= 0.3 is 0 Å². The number of ether oxygens (including phenoxy) is 1. The largest absolute Gasteiger partial charge is 0.496 e. The van der Waals surface area contributed by atoms with Gasteiger partial charge in [-0.2, -0.15) is 0 Å². The van der Waals surface area contributed by atoms with Crippen LogP contribution >= 0.6 is 15.9 Å². The minimum atomic E-state index is -0.235. The highest BCUT2D eigenvalue weighted by atomic mass is 79.9. The van der Waals surface area contributed by atoms with Crippen LogP contribution in [0.1, 0.15) is 11.1 Å². The number of benzene rings is 2. The smallest absolute Gasteiger partial charge is 0.243 e. The van der Waals surface area contributed by atoms with E-state index in [1.54, 1.807) is 14.2 Å². The van der Waals surface area contributed by atoms with E-state index in [4.69, 9.17) is 4.74 Å². The van der Waals surface area contributed by atoms with Gasteiger partial charge in [-0.05, 0) is 36.8 Å². The SMILES string of the molecule is COc1ccccc1CC(=O)N(C)CC(=O)Nc1ccc(Br)cc1C. The quantitative estimate of drug-likeness (QED) is 0.802. The fraction of sp³-hybridized carbons (Fsp3) is 0.263. The maximum Gasteiger partial charge on any atom is 0.243 e. The minimum Gasteiger partial charge on any atom is -0.496 e. The van der Waals surface area contributed by atoms with Crippen LogP contribution < -0.4 is 10.1 Å². The molecular formula is C19H21BrN2O3. The molecule has 0 saturated carbocycles. The van der Waals surface area contributed by atoms with E-state index in [1.165, 1.54) is 4.90 Å². The monoisotopic (exact) mass is 404 g/mol. The Kier molecular flexibility index (Phi) is 6.58. The number of para-hydroxylation sites is 1. The summed E-state index contributed by atoms with van der Waals surface area (Å²) in [5.41, 5.74) is 2.48. The summed E-state index contributed by atoms with van der Waals surface area (Å²) in [4.78, 5) is 26.0. The average Bonchev–Trinajstić information content (AvgIpc) is 2.57. The Morgan fingerprint density at radius 1 is 1.20 bits per heavy atom. The van der Waals surface area contributed by atoms with Crippen LogP contribution in [0.3, 0.4) is 0 Å². The molecule has 0 fully saturated rings. The molecule has 132 valence electrons. The molecule has 0 heterocycles. The highest BCUT2D eigenvalue weighted by molar-refractivity contribution is 9.10. The molecule has 0 radical (unpaired) electrons. The number of anilines is 1. The van der Waals surface area contributed by atoms with Crippen molar-refractivity contribution in [1.82, 2.24) is 4.90 Å². The third-order valence-electron chi connectivity index (χ3n) is 3.80. The van der Waals surface area contributed by atoms with Gasteiger partial charge in [0.05, 0.1) is 20.1 Å². The molecule has 0 atom stereocenters. The molecule has 2 aromatic carbocycles. The Labute approximate surface area is 156 Å². The highest BCUT2D eigenvalue weighted by Crippen LogP contribution is 2.20. The van der Waals surface area contributed by atoms with Crippen LogP contribution in [-0.2, 0) is 16.0 Å². The summed E-state index contributed by atoms with van der Waals surface area (Å²) in [6, 6.07) is 13.0. The number of nitrogens with zero attached hydrogens (tertiary/aromatic N) is 1. The minimum absolute atomic E-state index is 0.0104. The van der Waals surface area contributed by atoms with E-state index < -0.39 is 0 Å². The Hall–Kier alpha value is -2.34. The van der Waals surface area contributed by atoms with Gasteiger partial charge < -0.3 is 15.0 Å². The van der Waals surface area contributed by atoms with Crippen molar-refractivity contribution < 1.29 is 14.3 Å². The van der Waals surface area contributed by atoms with Crippen molar-refractivity contribution in [2.24, 2.45) is 0 Å². The molecule has 0 bridgehead atoms. The first-order valence-corrected chi connectivity index (χ1v) is 8.62. The Morgan fingerprint density at radius 3 is 2.60 bits per heavy atom. The molecule has 0 aliphatic heterocycles. The van der Waals surface area contributed by atoms with Crippen LogP contribution in [0.2, 0.25) is 0 Å². The van der Waals surface area contributed by atoms with Gasteiger partial charge in [0.1, 0.15) is 5.75 Å². The zero-order chi connectivity index (χ0) is 18.4. The normalized spacial score (nSPS) is 10.2. The molecule has 0 saturated heterocycles. The third-order valence-corrected chi connectivity index (χ3v) is 4.30. The van der Waals surface area contributed by atoms with Gasteiger partial charge in [0.15, 0.2) is 0 Å². The summed E-state index contributed by atoms with van der Waals surface area (Å²) >= 11 is 3.39. The second kappa shape index (κ2) is 8.67. The zero-order valence-electron chi connectivity index (χ0n) is 14.5. The lowest BCUT2D eigenvalue weighted by molar-refractivity contribution is -0.132. The summed E-state index contributed by atoms with van der Waals surface area (Å²) < 4.78 is 6.21. The van der Waals surface area contributed by atoms with E-state index in [0.29, 0.717) is 5.75 Å². The molecule has 0 aromatic heterocycles. The molecule has 0 aliphatic carbocycles. The van der Waals surface area contributed by atoms with E-state index in [2.05, 4.69) is 21.2 Å². The van der Waals surface area contributed by atoms with Crippen molar-refractivity contribution in [3.8, 4) is 5.75 Å². The molecule has 5 nitrogen and oxygen atoms in total. The van der Waals surface area contributed by atoms with Gasteiger partial charge in [0, 0.05) is 22.8 Å². The molecule has 0 unspecified atom stereocenters. The first-order chi connectivity index (χ1) is 11.9. The first kappa shape index (κ1) is 19.0. The second-order valence-electron chi connectivity index (χ2n) is 5.75. The lowest BCUT2D eigenvalue weighted by Gasteiger charge is -2.18. The van der Waals surface area contributed by atoms with Crippen LogP contribution in [0.5, 0.6) is 5.75 Å². The number of amides is 2. The number of hydrogen-bond donors (Lipinski definition) is 1. The number of carbonyl (C=O) groups excluding carboxylic acids is 2. The lowest BCUT2D eigenvalue weighted by atomic mass is 10.1.